The summed E-state index contributed by atoms with van der Waals surface area (Å²) in [4.78, 5) is 15.6. The zero-order valence-corrected chi connectivity index (χ0v) is 10.8. The van der Waals surface area contributed by atoms with Crippen LogP contribution in [-0.4, -0.2) is 10.2 Å². The van der Waals surface area contributed by atoms with Crippen LogP contribution in [0.1, 0.15) is 9.67 Å². The lowest BCUT2D eigenvalue weighted by Crippen LogP contribution is -1.88. The minimum Gasteiger partial charge on any atom is -0.275 e. The molecule has 82 valence electrons. The molecule has 0 amide bonds. The first kappa shape index (κ1) is 11.9. The van der Waals surface area contributed by atoms with E-state index in [4.69, 9.17) is 34.8 Å². The van der Waals surface area contributed by atoms with Gasteiger partial charge < -0.3 is 0 Å². The molecule has 0 N–H and O–H groups in total. The van der Waals surface area contributed by atoms with Gasteiger partial charge >= 0.3 is 0 Å². The molecule has 0 aliphatic heterocycles. The van der Waals surface area contributed by atoms with Crippen LogP contribution in [-0.2, 0) is 0 Å². The molecular formula is C10H4Cl3NOS. The molecule has 0 fully saturated rings. The molecule has 2 nitrogen and oxygen atoms in total. The summed E-state index contributed by atoms with van der Waals surface area (Å²) in [6, 6.07) is 6.95. The van der Waals surface area contributed by atoms with Gasteiger partial charge in [0, 0.05) is 10.6 Å². The standard InChI is InChI=1S/C10H4Cl3NOS/c11-6-3-1-5(2-4-6)7-8(9(12)15)16-10(13)14-7/h1-4H. The highest BCUT2D eigenvalue weighted by molar-refractivity contribution is 7.19. The molecule has 0 unspecified atom stereocenters. The highest BCUT2D eigenvalue weighted by Crippen LogP contribution is 2.32. The first-order chi connectivity index (χ1) is 7.58. The van der Waals surface area contributed by atoms with Crippen molar-refractivity contribution in [3.8, 4) is 11.3 Å². The van der Waals surface area contributed by atoms with E-state index < -0.39 is 5.24 Å². The Kier molecular flexibility index (Phi) is 3.50. The van der Waals surface area contributed by atoms with E-state index in [1.807, 2.05) is 0 Å². The third-order valence-electron chi connectivity index (χ3n) is 1.90. The number of carbonyl (C=O) groups excluding carboxylic acids is 1. The largest absolute Gasteiger partial charge is 0.275 e. The molecule has 0 saturated carbocycles. The van der Waals surface area contributed by atoms with E-state index >= 15 is 0 Å². The maximum absolute atomic E-state index is 11.2. The van der Waals surface area contributed by atoms with Crippen LogP contribution in [0.2, 0.25) is 9.49 Å². The van der Waals surface area contributed by atoms with Crippen molar-refractivity contribution in [2.45, 2.75) is 0 Å². The van der Waals surface area contributed by atoms with Crippen molar-refractivity contribution in [2.75, 3.05) is 0 Å². The molecule has 1 aromatic carbocycles. The fourth-order valence-electron chi connectivity index (χ4n) is 1.23. The Labute approximate surface area is 111 Å². The minimum absolute atomic E-state index is 0.286. The van der Waals surface area contributed by atoms with E-state index in [0.717, 1.165) is 16.9 Å². The van der Waals surface area contributed by atoms with Gasteiger partial charge in [-0.1, -0.05) is 46.7 Å². The summed E-state index contributed by atoms with van der Waals surface area (Å²) in [5.74, 6) is 0. The molecule has 0 aliphatic rings. The van der Waals surface area contributed by atoms with E-state index in [2.05, 4.69) is 4.98 Å². The highest BCUT2D eigenvalue weighted by Gasteiger charge is 2.16. The van der Waals surface area contributed by atoms with Gasteiger partial charge in [0.15, 0.2) is 4.47 Å². The van der Waals surface area contributed by atoms with Gasteiger partial charge in [-0.15, -0.1) is 0 Å². The minimum atomic E-state index is -0.561. The van der Waals surface area contributed by atoms with E-state index in [-0.39, 0.29) is 4.47 Å². The predicted molar refractivity (Wildman–Crippen MR) is 67.8 cm³/mol. The number of carbonyl (C=O) groups is 1. The first-order valence-electron chi connectivity index (χ1n) is 4.20. The van der Waals surface area contributed by atoms with Crippen molar-refractivity contribution in [2.24, 2.45) is 0 Å². The zero-order chi connectivity index (χ0) is 11.7. The molecule has 2 aromatic rings. The second kappa shape index (κ2) is 4.72. The molecule has 0 bridgehead atoms. The second-order valence-electron chi connectivity index (χ2n) is 2.93. The maximum Gasteiger partial charge on any atom is 0.264 e. The van der Waals surface area contributed by atoms with E-state index in [1.165, 1.54) is 0 Å². The van der Waals surface area contributed by atoms with Gasteiger partial charge in [0.1, 0.15) is 4.88 Å². The molecule has 0 spiro atoms. The van der Waals surface area contributed by atoms with Crippen molar-refractivity contribution in [3.63, 3.8) is 0 Å². The molecule has 1 aromatic heterocycles. The van der Waals surface area contributed by atoms with E-state index in [9.17, 15) is 4.79 Å². The van der Waals surface area contributed by atoms with Crippen LogP contribution >= 0.6 is 46.1 Å². The fraction of sp³-hybridized carbons (Fsp3) is 0. The SMILES string of the molecule is O=C(Cl)c1sc(Cl)nc1-c1ccc(Cl)cc1. The molecule has 16 heavy (non-hydrogen) atoms. The Hall–Kier alpha value is -0.610. The number of rotatable bonds is 2. The van der Waals surface area contributed by atoms with E-state index in [0.29, 0.717) is 15.6 Å². The van der Waals surface area contributed by atoms with Gasteiger partial charge in [-0.05, 0) is 23.7 Å². The van der Waals surface area contributed by atoms with E-state index in [1.54, 1.807) is 24.3 Å². The van der Waals surface area contributed by atoms with Crippen molar-refractivity contribution >= 4 is 51.4 Å². The van der Waals surface area contributed by atoms with Gasteiger partial charge in [0.05, 0.1) is 5.69 Å². The monoisotopic (exact) mass is 291 g/mol. The third kappa shape index (κ3) is 2.38. The molecule has 1 heterocycles. The summed E-state index contributed by atoms with van der Waals surface area (Å²) in [5, 5.41) is 0.0539. The quantitative estimate of drug-likeness (QED) is 0.763. The summed E-state index contributed by atoms with van der Waals surface area (Å²) >= 11 is 18.0. The van der Waals surface area contributed by atoms with Crippen LogP contribution in [0.5, 0.6) is 0 Å². The van der Waals surface area contributed by atoms with Gasteiger partial charge in [-0.2, -0.15) is 0 Å². The van der Waals surface area contributed by atoms with Crippen LogP contribution in [0, 0.1) is 0 Å². The average Bonchev–Trinajstić information content (AvgIpc) is 2.61. The molecule has 0 atom stereocenters. The lowest BCUT2D eigenvalue weighted by molar-refractivity contribution is 0.108. The van der Waals surface area contributed by atoms with Crippen molar-refractivity contribution in [1.82, 2.24) is 4.98 Å². The lowest BCUT2D eigenvalue weighted by Gasteiger charge is -1.98. The molecule has 0 saturated heterocycles. The normalized spacial score (nSPS) is 10.4. The molecule has 2 rings (SSSR count). The number of aromatic nitrogens is 1. The summed E-state index contributed by atoms with van der Waals surface area (Å²) in [5.41, 5.74) is 1.25. The smallest absolute Gasteiger partial charge is 0.264 e. The second-order valence-corrected chi connectivity index (χ2v) is 5.29. The number of benzene rings is 1. The van der Waals surface area contributed by atoms with Gasteiger partial charge in [-0.3, -0.25) is 4.79 Å². The Bertz CT molecular complexity index is 535. The molecular weight excluding hydrogens is 289 g/mol. The predicted octanol–water partition coefficient (Wildman–Crippen LogP) is 4.50. The summed E-state index contributed by atoms with van der Waals surface area (Å²) < 4.78 is 0.286. The Morgan fingerprint density at radius 2 is 1.81 bits per heavy atom. The fourth-order valence-corrected chi connectivity index (χ4v) is 2.52. The van der Waals surface area contributed by atoms with Gasteiger partial charge in [-0.25, -0.2) is 4.98 Å². The number of nitrogens with zero attached hydrogens (tertiary/aromatic N) is 1. The molecule has 0 radical (unpaired) electrons. The summed E-state index contributed by atoms with van der Waals surface area (Å²) in [6.07, 6.45) is 0. The van der Waals surface area contributed by atoms with Crippen LogP contribution in [0.25, 0.3) is 11.3 Å². The number of hydrogen-bond donors (Lipinski definition) is 0. The zero-order valence-electron chi connectivity index (χ0n) is 7.71. The number of thiazole rings is 1. The first-order valence-corrected chi connectivity index (χ1v) is 6.15. The Morgan fingerprint density at radius 3 is 2.38 bits per heavy atom. The van der Waals surface area contributed by atoms with Crippen molar-refractivity contribution < 1.29 is 4.79 Å². The van der Waals surface area contributed by atoms with Crippen molar-refractivity contribution in [1.29, 1.82) is 0 Å². The topological polar surface area (TPSA) is 30.0 Å². The summed E-state index contributed by atoms with van der Waals surface area (Å²) in [6.45, 7) is 0. The lowest BCUT2D eigenvalue weighted by atomic mass is 10.1. The average molecular weight is 293 g/mol. The summed E-state index contributed by atoms with van der Waals surface area (Å²) in [7, 11) is 0. The Balaban J connectivity index is 2.55. The van der Waals surface area contributed by atoms with Gasteiger partial charge in [0.2, 0.25) is 0 Å². The van der Waals surface area contributed by atoms with Crippen LogP contribution in [0.3, 0.4) is 0 Å². The van der Waals surface area contributed by atoms with Gasteiger partial charge in [0.25, 0.3) is 5.24 Å². The number of halogens is 3. The highest BCUT2D eigenvalue weighted by atomic mass is 35.5. The molecule has 0 aliphatic carbocycles. The molecule has 6 heteroatoms. The van der Waals surface area contributed by atoms with Crippen LogP contribution < -0.4 is 0 Å². The Morgan fingerprint density at radius 1 is 1.19 bits per heavy atom. The number of hydrogen-bond acceptors (Lipinski definition) is 3. The third-order valence-corrected chi connectivity index (χ3v) is 3.61. The van der Waals surface area contributed by atoms with Crippen LogP contribution in [0.4, 0.5) is 0 Å². The van der Waals surface area contributed by atoms with Crippen molar-refractivity contribution in [3.05, 3.63) is 38.6 Å². The van der Waals surface area contributed by atoms with Crippen LogP contribution in [0.15, 0.2) is 24.3 Å². The maximum atomic E-state index is 11.2.